The number of anilines is 2. The fourth-order valence-corrected chi connectivity index (χ4v) is 2.52. The molecule has 0 saturated carbocycles. The van der Waals surface area contributed by atoms with Crippen LogP contribution in [0, 0.1) is 0 Å². The lowest BCUT2D eigenvalue weighted by molar-refractivity contribution is -0.115. The molecule has 0 unspecified atom stereocenters. The SMILES string of the molecule is COc1ccc(NC(C)=O)cc1NC(=O)CN[C@H](C)c1ccc(Cl)cc1. The highest BCUT2D eigenvalue weighted by Gasteiger charge is 2.11. The van der Waals surface area contributed by atoms with E-state index in [1.54, 1.807) is 18.2 Å². The molecule has 0 aromatic heterocycles. The summed E-state index contributed by atoms with van der Waals surface area (Å²) in [5.41, 5.74) is 2.10. The number of amides is 2. The van der Waals surface area contributed by atoms with Gasteiger partial charge < -0.3 is 20.7 Å². The van der Waals surface area contributed by atoms with E-state index in [-0.39, 0.29) is 24.4 Å². The fraction of sp³-hybridized carbons (Fsp3) is 0.263. The first kappa shape index (κ1) is 19.8. The number of methoxy groups -OCH3 is 1. The quantitative estimate of drug-likeness (QED) is 0.690. The number of ether oxygens (including phenoxy) is 1. The van der Waals surface area contributed by atoms with Crippen LogP contribution in [0.1, 0.15) is 25.5 Å². The van der Waals surface area contributed by atoms with Crippen LogP contribution in [0.5, 0.6) is 5.75 Å². The van der Waals surface area contributed by atoms with E-state index in [1.165, 1.54) is 14.0 Å². The van der Waals surface area contributed by atoms with Gasteiger partial charge in [0.15, 0.2) is 0 Å². The van der Waals surface area contributed by atoms with Gasteiger partial charge in [-0.3, -0.25) is 9.59 Å². The summed E-state index contributed by atoms with van der Waals surface area (Å²) >= 11 is 5.88. The van der Waals surface area contributed by atoms with Gasteiger partial charge in [0.05, 0.1) is 19.3 Å². The van der Waals surface area contributed by atoms with Crippen molar-refractivity contribution in [3.8, 4) is 5.75 Å². The molecule has 0 heterocycles. The molecule has 7 heteroatoms. The van der Waals surface area contributed by atoms with E-state index in [1.807, 2.05) is 31.2 Å². The highest BCUT2D eigenvalue weighted by atomic mass is 35.5. The number of halogens is 1. The molecular weight excluding hydrogens is 354 g/mol. The summed E-state index contributed by atoms with van der Waals surface area (Å²) < 4.78 is 5.25. The molecule has 0 aliphatic rings. The molecule has 138 valence electrons. The normalized spacial score (nSPS) is 11.5. The Bertz CT molecular complexity index is 778. The van der Waals surface area contributed by atoms with E-state index >= 15 is 0 Å². The molecule has 0 bridgehead atoms. The Hall–Kier alpha value is -2.57. The van der Waals surface area contributed by atoms with Crippen molar-refractivity contribution in [2.75, 3.05) is 24.3 Å². The second-order valence-electron chi connectivity index (χ2n) is 5.80. The first-order valence-electron chi connectivity index (χ1n) is 8.13. The lowest BCUT2D eigenvalue weighted by Gasteiger charge is -2.16. The van der Waals surface area contributed by atoms with Crippen LogP contribution in [-0.2, 0) is 9.59 Å². The van der Waals surface area contributed by atoms with E-state index in [2.05, 4.69) is 16.0 Å². The third-order valence-corrected chi connectivity index (χ3v) is 3.98. The van der Waals surface area contributed by atoms with Gasteiger partial charge in [0, 0.05) is 23.7 Å². The molecule has 1 atom stereocenters. The predicted octanol–water partition coefficient (Wildman–Crippen LogP) is 3.60. The van der Waals surface area contributed by atoms with Crippen molar-refractivity contribution in [1.29, 1.82) is 0 Å². The maximum Gasteiger partial charge on any atom is 0.238 e. The van der Waals surface area contributed by atoms with Crippen molar-refractivity contribution in [3.63, 3.8) is 0 Å². The Balaban J connectivity index is 1.98. The lowest BCUT2D eigenvalue weighted by Crippen LogP contribution is -2.30. The average Bonchev–Trinajstić information content (AvgIpc) is 2.60. The predicted molar refractivity (Wildman–Crippen MR) is 104 cm³/mol. The molecule has 6 nitrogen and oxygen atoms in total. The van der Waals surface area contributed by atoms with Crippen LogP contribution in [0.15, 0.2) is 42.5 Å². The van der Waals surface area contributed by atoms with Gasteiger partial charge in [-0.2, -0.15) is 0 Å². The molecule has 3 N–H and O–H groups in total. The van der Waals surface area contributed by atoms with Crippen LogP contribution >= 0.6 is 11.6 Å². The molecule has 26 heavy (non-hydrogen) atoms. The summed E-state index contributed by atoms with van der Waals surface area (Å²) in [6.45, 7) is 3.51. The largest absolute Gasteiger partial charge is 0.495 e. The van der Waals surface area contributed by atoms with Crippen molar-refractivity contribution in [2.24, 2.45) is 0 Å². The van der Waals surface area contributed by atoms with Gasteiger partial charge in [0.2, 0.25) is 11.8 Å². The topological polar surface area (TPSA) is 79.5 Å². The van der Waals surface area contributed by atoms with Crippen LogP contribution in [0.25, 0.3) is 0 Å². The lowest BCUT2D eigenvalue weighted by atomic mass is 10.1. The summed E-state index contributed by atoms with van der Waals surface area (Å²) in [6.07, 6.45) is 0. The molecule has 0 saturated heterocycles. The van der Waals surface area contributed by atoms with Crippen molar-refractivity contribution < 1.29 is 14.3 Å². The minimum absolute atomic E-state index is 0.00868. The zero-order valence-corrected chi connectivity index (χ0v) is 15.7. The number of benzene rings is 2. The molecular formula is C19H22ClN3O3. The van der Waals surface area contributed by atoms with Crippen molar-refractivity contribution >= 4 is 34.8 Å². The standard InChI is InChI=1S/C19H22ClN3O3/c1-12(14-4-6-15(20)7-5-14)21-11-19(25)23-17-10-16(22-13(2)24)8-9-18(17)26-3/h4-10,12,21H,11H2,1-3H3,(H,22,24)(H,23,25)/t12-/m1/s1. The Morgan fingerprint density at radius 2 is 1.81 bits per heavy atom. The molecule has 2 rings (SSSR count). The molecule has 0 fully saturated rings. The van der Waals surface area contributed by atoms with Crippen LogP contribution in [0.3, 0.4) is 0 Å². The van der Waals surface area contributed by atoms with Gasteiger partial charge in [0.1, 0.15) is 5.75 Å². The smallest absolute Gasteiger partial charge is 0.238 e. The first-order valence-corrected chi connectivity index (χ1v) is 8.51. The van der Waals surface area contributed by atoms with E-state index in [0.29, 0.717) is 22.1 Å². The summed E-state index contributed by atoms with van der Waals surface area (Å²) in [5.74, 6) is 0.105. The molecule has 0 aliphatic carbocycles. The van der Waals surface area contributed by atoms with Gasteiger partial charge in [-0.1, -0.05) is 23.7 Å². The van der Waals surface area contributed by atoms with Crippen LogP contribution in [0.4, 0.5) is 11.4 Å². The van der Waals surface area contributed by atoms with Crippen molar-refractivity contribution in [3.05, 3.63) is 53.1 Å². The van der Waals surface area contributed by atoms with Crippen LogP contribution in [-0.4, -0.2) is 25.5 Å². The Morgan fingerprint density at radius 3 is 2.42 bits per heavy atom. The fourth-order valence-electron chi connectivity index (χ4n) is 2.40. The van der Waals surface area contributed by atoms with Gasteiger partial charge in [0.25, 0.3) is 0 Å². The van der Waals surface area contributed by atoms with E-state index in [4.69, 9.17) is 16.3 Å². The number of carbonyl (C=O) groups excluding carboxylic acids is 2. The van der Waals surface area contributed by atoms with Gasteiger partial charge in [-0.15, -0.1) is 0 Å². The number of rotatable bonds is 7. The highest BCUT2D eigenvalue weighted by molar-refractivity contribution is 6.30. The Kier molecular flexibility index (Phi) is 7.00. The maximum atomic E-state index is 12.3. The van der Waals surface area contributed by atoms with Gasteiger partial charge >= 0.3 is 0 Å². The summed E-state index contributed by atoms with van der Waals surface area (Å²) in [6, 6.07) is 12.5. The summed E-state index contributed by atoms with van der Waals surface area (Å²) in [5, 5.41) is 9.29. The molecule has 2 aromatic carbocycles. The first-order chi connectivity index (χ1) is 12.4. The number of carbonyl (C=O) groups is 2. The average molecular weight is 376 g/mol. The zero-order chi connectivity index (χ0) is 19.1. The Labute approximate surface area is 157 Å². The van der Waals surface area contributed by atoms with Crippen molar-refractivity contribution in [1.82, 2.24) is 5.32 Å². The van der Waals surface area contributed by atoms with Gasteiger partial charge in [-0.25, -0.2) is 0 Å². The molecule has 2 amide bonds. The third-order valence-electron chi connectivity index (χ3n) is 3.73. The van der Waals surface area contributed by atoms with Gasteiger partial charge in [-0.05, 0) is 42.8 Å². The number of hydrogen-bond donors (Lipinski definition) is 3. The molecule has 0 spiro atoms. The van der Waals surface area contributed by atoms with Crippen LogP contribution < -0.4 is 20.7 Å². The maximum absolute atomic E-state index is 12.3. The second kappa shape index (κ2) is 9.22. The molecule has 0 aliphatic heterocycles. The number of nitrogens with one attached hydrogen (secondary N) is 3. The van der Waals surface area contributed by atoms with E-state index < -0.39 is 0 Å². The summed E-state index contributed by atoms with van der Waals surface area (Å²) in [7, 11) is 1.52. The second-order valence-corrected chi connectivity index (χ2v) is 6.24. The van der Waals surface area contributed by atoms with E-state index in [9.17, 15) is 9.59 Å². The molecule has 0 radical (unpaired) electrons. The third kappa shape index (κ3) is 5.75. The minimum atomic E-state index is -0.218. The van der Waals surface area contributed by atoms with E-state index in [0.717, 1.165) is 5.56 Å². The van der Waals surface area contributed by atoms with Crippen molar-refractivity contribution in [2.45, 2.75) is 19.9 Å². The number of hydrogen-bond acceptors (Lipinski definition) is 4. The highest BCUT2D eigenvalue weighted by Crippen LogP contribution is 2.27. The monoisotopic (exact) mass is 375 g/mol. The zero-order valence-electron chi connectivity index (χ0n) is 14.9. The Morgan fingerprint density at radius 1 is 1.12 bits per heavy atom. The van der Waals surface area contributed by atoms with Crippen LogP contribution in [0.2, 0.25) is 5.02 Å². The molecule has 2 aromatic rings. The summed E-state index contributed by atoms with van der Waals surface area (Å²) in [4.78, 5) is 23.5. The minimum Gasteiger partial charge on any atom is -0.495 e.